The minimum atomic E-state index is -0.572. The molecule has 1 unspecified atom stereocenters. The van der Waals surface area contributed by atoms with Crippen molar-refractivity contribution in [3.05, 3.63) is 41.5 Å². The largest absolute Gasteiger partial charge is 0.465 e. The van der Waals surface area contributed by atoms with Crippen LogP contribution in [0.1, 0.15) is 33.3 Å². The molecule has 1 aromatic rings. The molecule has 128 valence electrons. The van der Waals surface area contributed by atoms with Gasteiger partial charge in [-0.25, -0.2) is 4.79 Å². The van der Waals surface area contributed by atoms with Gasteiger partial charge in [-0.2, -0.15) is 0 Å². The normalized spacial score (nSPS) is 20.4. The van der Waals surface area contributed by atoms with Gasteiger partial charge in [0.1, 0.15) is 5.92 Å². The molecule has 0 saturated heterocycles. The van der Waals surface area contributed by atoms with Crippen molar-refractivity contribution in [2.75, 3.05) is 13.2 Å². The molecule has 0 spiro atoms. The topological polar surface area (TPSA) is 65.0 Å². The number of benzene rings is 1. The van der Waals surface area contributed by atoms with Gasteiger partial charge in [-0.05, 0) is 20.8 Å². The fourth-order valence-electron chi connectivity index (χ4n) is 2.96. The number of esters is 2. The van der Waals surface area contributed by atoms with Gasteiger partial charge in [0, 0.05) is 17.2 Å². The molecule has 1 aliphatic rings. The third-order valence-corrected chi connectivity index (χ3v) is 4.03. The molecule has 5 nitrogen and oxygen atoms in total. The molecule has 0 radical (unpaired) electrons. The van der Waals surface area contributed by atoms with Gasteiger partial charge < -0.3 is 9.47 Å². The van der Waals surface area contributed by atoms with E-state index in [1.165, 1.54) is 0 Å². The Morgan fingerprint density at radius 1 is 1.08 bits per heavy atom. The number of hydrogen-bond acceptors (Lipinski definition) is 5. The minimum absolute atomic E-state index is 0.268. The first kappa shape index (κ1) is 17.9. The van der Waals surface area contributed by atoms with Crippen LogP contribution >= 0.6 is 0 Å². The summed E-state index contributed by atoms with van der Waals surface area (Å²) in [5.74, 6) is -1.73. The summed E-state index contributed by atoms with van der Waals surface area (Å²) in [4.78, 5) is 29.4. The molecule has 2 atom stereocenters. The lowest BCUT2D eigenvalue weighted by molar-refractivity contribution is -0.147. The van der Waals surface area contributed by atoms with Crippen molar-refractivity contribution in [3.63, 3.8) is 0 Å². The quantitative estimate of drug-likeness (QED) is 0.778. The molecule has 24 heavy (non-hydrogen) atoms. The first-order valence-corrected chi connectivity index (χ1v) is 8.19. The molecule has 0 bridgehead atoms. The zero-order valence-electron chi connectivity index (χ0n) is 14.5. The van der Waals surface area contributed by atoms with Crippen LogP contribution < -0.4 is 0 Å². The number of carbonyl (C=O) groups is 2. The average molecular weight is 329 g/mol. The van der Waals surface area contributed by atoms with E-state index in [1.807, 2.05) is 37.3 Å². The van der Waals surface area contributed by atoms with Crippen molar-refractivity contribution in [2.24, 2.45) is 16.8 Å². The molecule has 0 fully saturated rings. The van der Waals surface area contributed by atoms with Crippen molar-refractivity contribution in [1.82, 2.24) is 0 Å². The van der Waals surface area contributed by atoms with E-state index in [-0.39, 0.29) is 18.5 Å². The van der Waals surface area contributed by atoms with Gasteiger partial charge in [0.15, 0.2) is 0 Å². The second-order valence-corrected chi connectivity index (χ2v) is 5.62. The summed E-state index contributed by atoms with van der Waals surface area (Å²) in [6.07, 6.45) is 0. The molecule has 0 saturated carbocycles. The predicted molar refractivity (Wildman–Crippen MR) is 92.4 cm³/mol. The van der Waals surface area contributed by atoms with Crippen molar-refractivity contribution in [1.29, 1.82) is 0 Å². The highest BCUT2D eigenvalue weighted by Crippen LogP contribution is 2.36. The SMILES string of the molecule is CCOC(=O)C1=C(c2ccccc2)N=C(C)C(C(=O)OCC)[C@H]1C. The summed E-state index contributed by atoms with van der Waals surface area (Å²) in [5, 5.41) is 0. The van der Waals surface area contributed by atoms with Gasteiger partial charge >= 0.3 is 11.9 Å². The summed E-state index contributed by atoms with van der Waals surface area (Å²) in [6, 6.07) is 9.46. The van der Waals surface area contributed by atoms with E-state index in [0.29, 0.717) is 23.6 Å². The highest BCUT2D eigenvalue weighted by atomic mass is 16.5. The molecule has 1 aliphatic heterocycles. The van der Waals surface area contributed by atoms with Crippen LogP contribution in [0.3, 0.4) is 0 Å². The summed E-state index contributed by atoms with van der Waals surface area (Å²) < 4.78 is 10.4. The predicted octanol–water partition coefficient (Wildman–Crippen LogP) is 3.25. The van der Waals surface area contributed by atoms with Gasteiger partial charge in [-0.3, -0.25) is 9.79 Å². The first-order chi connectivity index (χ1) is 11.5. The van der Waals surface area contributed by atoms with Crippen LogP contribution in [0.15, 0.2) is 40.9 Å². The van der Waals surface area contributed by atoms with Crippen LogP contribution in [0.2, 0.25) is 0 Å². The fraction of sp³-hybridized carbons (Fsp3) is 0.421. The zero-order chi connectivity index (χ0) is 17.7. The second kappa shape index (κ2) is 7.90. The van der Waals surface area contributed by atoms with E-state index in [0.717, 1.165) is 5.56 Å². The molecule has 0 aliphatic carbocycles. The van der Waals surface area contributed by atoms with Crippen molar-refractivity contribution in [3.8, 4) is 0 Å². The van der Waals surface area contributed by atoms with E-state index >= 15 is 0 Å². The lowest BCUT2D eigenvalue weighted by atomic mass is 9.80. The fourth-order valence-corrected chi connectivity index (χ4v) is 2.96. The summed E-state index contributed by atoms with van der Waals surface area (Å²) >= 11 is 0. The molecular formula is C19H23NO4. The number of carbonyl (C=O) groups excluding carboxylic acids is 2. The molecule has 5 heteroatoms. The average Bonchev–Trinajstić information content (AvgIpc) is 2.55. The van der Waals surface area contributed by atoms with Crippen LogP contribution in [0.4, 0.5) is 0 Å². The highest BCUT2D eigenvalue weighted by Gasteiger charge is 2.39. The Labute approximate surface area is 142 Å². The lowest BCUT2D eigenvalue weighted by Crippen LogP contribution is -2.36. The Kier molecular flexibility index (Phi) is 5.90. The maximum atomic E-state index is 12.5. The number of ether oxygens (including phenoxy) is 2. The van der Waals surface area contributed by atoms with Crippen LogP contribution in [0.25, 0.3) is 5.70 Å². The number of aliphatic imine (C=N–C) groups is 1. The van der Waals surface area contributed by atoms with Gasteiger partial charge in [-0.1, -0.05) is 37.3 Å². The number of rotatable bonds is 5. The summed E-state index contributed by atoms with van der Waals surface area (Å²) in [6.45, 7) is 7.71. The Hall–Kier alpha value is -2.43. The maximum Gasteiger partial charge on any atom is 0.336 e. The molecular weight excluding hydrogens is 306 g/mol. The van der Waals surface area contributed by atoms with Gasteiger partial charge in [-0.15, -0.1) is 0 Å². The van der Waals surface area contributed by atoms with E-state index < -0.39 is 11.9 Å². The minimum Gasteiger partial charge on any atom is -0.465 e. The highest BCUT2D eigenvalue weighted by molar-refractivity contribution is 6.10. The van der Waals surface area contributed by atoms with Crippen molar-refractivity contribution >= 4 is 23.3 Å². The molecule has 0 amide bonds. The monoisotopic (exact) mass is 329 g/mol. The molecule has 0 aromatic heterocycles. The molecule has 0 N–H and O–H groups in total. The lowest BCUT2D eigenvalue weighted by Gasteiger charge is -2.29. The Morgan fingerprint density at radius 2 is 1.71 bits per heavy atom. The Balaban J connectivity index is 2.55. The third-order valence-electron chi connectivity index (χ3n) is 4.03. The number of hydrogen-bond donors (Lipinski definition) is 0. The second-order valence-electron chi connectivity index (χ2n) is 5.62. The van der Waals surface area contributed by atoms with E-state index in [2.05, 4.69) is 4.99 Å². The van der Waals surface area contributed by atoms with Crippen LogP contribution in [-0.4, -0.2) is 30.9 Å². The Bertz CT molecular complexity index is 676. The van der Waals surface area contributed by atoms with Gasteiger partial charge in [0.25, 0.3) is 0 Å². The van der Waals surface area contributed by atoms with Crippen LogP contribution in [0, 0.1) is 11.8 Å². The summed E-state index contributed by atoms with van der Waals surface area (Å²) in [5.41, 5.74) is 2.47. The maximum absolute atomic E-state index is 12.5. The standard InChI is InChI=1S/C19H23NO4/c1-5-23-18(21)15-12(3)16(19(22)24-6-2)17(20-13(15)4)14-10-8-7-9-11-14/h7-12,15H,5-6H2,1-4H3/t12-,15?/m1/s1. The molecule has 1 heterocycles. The zero-order valence-corrected chi connectivity index (χ0v) is 14.5. The van der Waals surface area contributed by atoms with Gasteiger partial charge in [0.2, 0.25) is 0 Å². The molecule has 2 rings (SSSR count). The Morgan fingerprint density at radius 3 is 2.29 bits per heavy atom. The first-order valence-electron chi connectivity index (χ1n) is 8.19. The van der Waals surface area contributed by atoms with E-state index in [4.69, 9.17) is 9.47 Å². The number of nitrogens with zero attached hydrogens (tertiary/aromatic N) is 1. The smallest absolute Gasteiger partial charge is 0.336 e. The summed E-state index contributed by atoms with van der Waals surface area (Å²) in [7, 11) is 0. The third kappa shape index (κ3) is 3.55. The van der Waals surface area contributed by atoms with Gasteiger partial charge in [0.05, 0.1) is 24.5 Å². The van der Waals surface area contributed by atoms with Crippen LogP contribution in [0.5, 0.6) is 0 Å². The van der Waals surface area contributed by atoms with Crippen molar-refractivity contribution < 1.29 is 19.1 Å². The van der Waals surface area contributed by atoms with Crippen LogP contribution in [-0.2, 0) is 19.1 Å². The van der Waals surface area contributed by atoms with E-state index in [9.17, 15) is 9.59 Å². The van der Waals surface area contributed by atoms with E-state index in [1.54, 1.807) is 20.8 Å². The molecule has 1 aromatic carbocycles. The van der Waals surface area contributed by atoms with Crippen molar-refractivity contribution in [2.45, 2.75) is 27.7 Å².